The zero-order valence-corrected chi connectivity index (χ0v) is 20.4. The summed E-state index contributed by atoms with van der Waals surface area (Å²) in [5.74, 6) is -0.603. The van der Waals surface area contributed by atoms with Crippen LogP contribution in [0.2, 0.25) is 0 Å². The minimum Gasteiger partial charge on any atom is -0.339 e. The average Bonchev–Trinajstić information content (AvgIpc) is 2.81. The van der Waals surface area contributed by atoms with Gasteiger partial charge in [0.25, 0.3) is 11.5 Å². The Morgan fingerprint density at radius 3 is 2.09 bits per heavy atom. The van der Waals surface area contributed by atoms with Crippen molar-refractivity contribution >= 4 is 11.8 Å². The first-order chi connectivity index (χ1) is 16.6. The van der Waals surface area contributed by atoms with Gasteiger partial charge >= 0.3 is 5.69 Å². The molecular weight excluding hydrogens is 446 g/mol. The van der Waals surface area contributed by atoms with E-state index < -0.39 is 17.2 Å². The van der Waals surface area contributed by atoms with Crippen molar-refractivity contribution in [2.24, 2.45) is 0 Å². The van der Waals surface area contributed by atoms with E-state index in [4.69, 9.17) is 0 Å². The summed E-state index contributed by atoms with van der Waals surface area (Å²) in [6.07, 6.45) is 0. The van der Waals surface area contributed by atoms with Gasteiger partial charge in [-0.05, 0) is 49.6 Å². The molecule has 3 aromatic rings. The normalized spacial score (nSPS) is 13.7. The van der Waals surface area contributed by atoms with E-state index in [1.807, 2.05) is 51.1 Å². The Bertz CT molecular complexity index is 1390. The first-order valence-electron chi connectivity index (χ1n) is 11.6. The van der Waals surface area contributed by atoms with E-state index in [0.717, 1.165) is 31.5 Å². The molecule has 2 aromatic carbocycles. The van der Waals surface area contributed by atoms with E-state index in [0.29, 0.717) is 31.9 Å². The number of nitrogens with zero attached hydrogens (tertiary/aromatic N) is 5. The van der Waals surface area contributed by atoms with Crippen molar-refractivity contribution in [1.82, 2.24) is 24.1 Å². The topological polar surface area (TPSA) is 97.5 Å². The number of benzene rings is 2. The van der Waals surface area contributed by atoms with Crippen LogP contribution in [0.15, 0.2) is 52.1 Å². The molecule has 0 radical (unpaired) electrons. The van der Waals surface area contributed by atoms with E-state index in [2.05, 4.69) is 5.10 Å². The highest BCUT2D eigenvalue weighted by Gasteiger charge is 2.28. The molecule has 0 spiro atoms. The third-order valence-corrected chi connectivity index (χ3v) is 6.15. The lowest BCUT2D eigenvalue weighted by Gasteiger charge is -2.33. The van der Waals surface area contributed by atoms with Crippen LogP contribution in [0.4, 0.5) is 0 Å². The maximum atomic E-state index is 13.5. The quantitative estimate of drug-likeness (QED) is 0.572. The Kier molecular flexibility index (Phi) is 6.68. The number of hydrogen-bond acceptors (Lipinski definition) is 5. The number of piperazine rings is 1. The largest absolute Gasteiger partial charge is 0.352 e. The summed E-state index contributed by atoms with van der Waals surface area (Å²) in [5, 5.41) is 4.27. The van der Waals surface area contributed by atoms with Gasteiger partial charge in [-0.25, -0.2) is 4.79 Å². The highest BCUT2D eigenvalue weighted by molar-refractivity contribution is 5.92. The molecule has 9 nitrogen and oxygen atoms in total. The van der Waals surface area contributed by atoms with Gasteiger partial charge in [0.05, 0.1) is 12.2 Å². The van der Waals surface area contributed by atoms with Crippen molar-refractivity contribution in [3.63, 3.8) is 0 Å². The summed E-state index contributed by atoms with van der Waals surface area (Å²) >= 11 is 0. The molecule has 2 heterocycles. The highest BCUT2D eigenvalue weighted by atomic mass is 16.2. The van der Waals surface area contributed by atoms with Crippen molar-refractivity contribution in [2.45, 2.75) is 34.2 Å². The summed E-state index contributed by atoms with van der Waals surface area (Å²) in [6, 6.07) is 13.1. The van der Waals surface area contributed by atoms with Gasteiger partial charge in [-0.3, -0.25) is 19.0 Å². The summed E-state index contributed by atoms with van der Waals surface area (Å²) in [6.45, 7) is 8.61. The first-order valence-corrected chi connectivity index (χ1v) is 11.6. The van der Waals surface area contributed by atoms with Crippen LogP contribution in [0.1, 0.15) is 39.7 Å². The van der Waals surface area contributed by atoms with Crippen LogP contribution in [-0.4, -0.2) is 62.1 Å². The Labute approximate surface area is 203 Å². The molecule has 0 saturated carbocycles. The number of amides is 2. The molecule has 182 valence electrons. The van der Waals surface area contributed by atoms with Gasteiger partial charge in [0, 0.05) is 33.1 Å². The number of carbonyl (C=O) groups is 2. The van der Waals surface area contributed by atoms with Crippen LogP contribution in [0.5, 0.6) is 0 Å². The van der Waals surface area contributed by atoms with Gasteiger partial charge in [-0.1, -0.05) is 35.9 Å². The zero-order chi connectivity index (χ0) is 25.3. The molecule has 4 rings (SSSR count). The molecule has 1 saturated heterocycles. The number of aryl methyl sites for hydroxylation is 3. The second-order valence-corrected chi connectivity index (χ2v) is 9.07. The molecule has 35 heavy (non-hydrogen) atoms. The lowest BCUT2D eigenvalue weighted by atomic mass is 10.1. The predicted molar refractivity (Wildman–Crippen MR) is 132 cm³/mol. The number of aromatic nitrogens is 3. The maximum absolute atomic E-state index is 13.5. The van der Waals surface area contributed by atoms with Crippen LogP contribution in [0.25, 0.3) is 5.69 Å². The van der Waals surface area contributed by atoms with Gasteiger partial charge in [-0.2, -0.15) is 9.78 Å². The Morgan fingerprint density at radius 2 is 1.49 bits per heavy atom. The third-order valence-electron chi connectivity index (χ3n) is 6.15. The average molecular weight is 476 g/mol. The third kappa shape index (κ3) is 5.08. The maximum Gasteiger partial charge on any atom is 0.352 e. The number of carbonyl (C=O) groups excluding carboxylic acids is 2. The number of rotatable bonds is 4. The van der Waals surface area contributed by atoms with Gasteiger partial charge in [0.2, 0.25) is 11.6 Å². The molecule has 9 heteroatoms. The fourth-order valence-corrected chi connectivity index (χ4v) is 4.40. The fraction of sp³-hybridized carbons (Fsp3) is 0.346. The summed E-state index contributed by atoms with van der Waals surface area (Å²) in [5.41, 5.74) is 2.47. The Morgan fingerprint density at radius 1 is 0.857 bits per heavy atom. The minimum atomic E-state index is -0.726. The lowest BCUT2D eigenvalue weighted by Crippen LogP contribution is -2.52. The van der Waals surface area contributed by atoms with Crippen molar-refractivity contribution in [3.8, 4) is 5.69 Å². The molecule has 0 atom stereocenters. The zero-order valence-electron chi connectivity index (χ0n) is 20.4. The molecule has 0 aliphatic carbocycles. The summed E-state index contributed by atoms with van der Waals surface area (Å²) in [4.78, 5) is 55.1. The summed E-state index contributed by atoms with van der Waals surface area (Å²) < 4.78 is 2.20. The van der Waals surface area contributed by atoms with E-state index in [9.17, 15) is 19.2 Å². The lowest BCUT2D eigenvalue weighted by molar-refractivity contribution is -0.130. The monoisotopic (exact) mass is 475 g/mol. The molecular formula is C26H29N5O4. The van der Waals surface area contributed by atoms with Crippen molar-refractivity contribution in [1.29, 1.82) is 0 Å². The fourth-order valence-electron chi connectivity index (χ4n) is 4.40. The van der Waals surface area contributed by atoms with Gasteiger partial charge in [-0.15, -0.1) is 0 Å². The Hall–Kier alpha value is -4.01. The molecule has 0 unspecified atom stereocenters. The van der Waals surface area contributed by atoms with Gasteiger partial charge in [0.15, 0.2) is 0 Å². The second kappa shape index (κ2) is 9.69. The van der Waals surface area contributed by atoms with Gasteiger partial charge < -0.3 is 9.80 Å². The minimum absolute atomic E-state index is 0.0189. The van der Waals surface area contributed by atoms with Crippen molar-refractivity contribution in [3.05, 3.63) is 91.3 Å². The molecule has 1 aromatic heterocycles. The van der Waals surface area contributed by atoms with Crippen molar-refractivity contribution in [2.75, 3.05) is 26.2 Å². The molecule has 1 aliphatic heterocycles. The molecule has 0 N–H and O–H groups in total. The first kappa shape index (κ1) is 24.1. The standard InChI is InChI=1S/C26H29N5O4/c1-17-6-5-7-21(13-17)16-30-25(34)23(24(33)29-10-8-28(9-11-29)20(4)32)27-31(26(30)35)22-14-18(2)12-19(3)15-22/h5-7,12-15H,8-11,16H2,1-4H3. The molecule has 1 fully saturated rings. The predicted octanol–water partition coefficient (Wildman–Crippen LogP) is 1.67. The molecule has 2 amide bonds. The van der Waals surface area contributed by atoms with Crippen LogP contribution in [0.3, 0.4) is 0 Å². The van der Waals surface area contributed by atoms with Crippen LogP contribution < -0.4 is 11.2 Å². The van der Waals surface area contributed by atoms with E-state index in [1.54, 1.807) is 17.0 Å². The van der Waals surface area contributed by atoms with E-state index >= 15 is 0 Å². The van der Waals surface area contributed by atoms with E-state index in [-0.39, 0.29) is 18.1 Å². The molecule has 1 aliphatic rings. The van der Waals surface area contributed by atoms with Gasteiger partial charge in [0.1, 0.15) is 0 Å². The van der Waals surface area contributed by atoms with Crippen LogP contribution >= 0.6 is 0 Å². The Balaban J connectivity index is 1.82. The van der Waals surface area contributed by atoms with Crippen LogP contribution in [0, 0.1) is 20.8 Å². The smallest absolute Gasteiger partial charge is 0.339 e. The highest BCUT2D eigenvalue weighted by Crippen LogP contribution is 2.12. The molecule has 0 bridgehead atoms. The number of hydrogen-bond donors (Lipinski definition) is 0. The summed E-state index contributed by atoms with van der Waals surface area (Å²) in [7, 11) is 0. The van der Waals surface area contributed by atoms with E-state index in [1.165, 1.54) is 11.8 Å². The SMILES string of the molecule is CC(=O)N1CCN(C(=O)c2nn(-c3cc(C)cc(C)c3)c(=O)n(Cc3cccc(C)c3)c2=O)CC1. The van der Waals surface area contributed by atoms with Crippen molar-refractivity contribution < 1.29 is 9.59 Å². The van der Waals surface area contributed by atoms with Crippen LogP contribution in [-0.2, 0) is 11.3 Å². The second-order valence-electron chi connectivity index (χ2n) is 9.07.